The van der Waals surface area contributed by atoms with Gasteiger partial charge in [-0.05, 0) is 47.9 Å². The molecule has 3 aromatic rings. The van der Waals surface area contributed by atoms with E-state index >= 15 is 0 Å². The second-order valence-electron chi connectivity index (χ2n) is 8.52. The quantitative estimate of drug-likeness (QED) is 0.584. The standard InChI is InChI=1S/C27H30N4O2/c1-4-30-15-16-31(26(32)22-7-5-9-24(18-22)29(2)3)25(27(30)33)17-20-10-12-21(13-11-20)23-8-6-14-28-19-23/h5-14,18-19,25H,4,15-17H2,1-3H3. The Labute approximate surface area is 195 Å². The molecule has 2 heterocycles. The number of benzene rings is 2. The Morgan fingerprint density at radius 3 is 2.48 bits per heavy atom. The van der Waals surface area contributed by atoms with Crippen molar-refractivity contribution in [3.8, 4) is 11.1 Å². The third-order valence-electron chi connectivity index (χ3n) is 6.21. The zero-order valence-electron chi connectivity index (χ0n) is 19.4. The van der Waals surface area contributed by atoms with Crippen molar-refractivity contribution < 1.29 is 9.59 Å². The Morgan fingerprint density at radius 1 is 1.03 bits per heavy atom. The van der Waals surface area contributed by atoms with Gasteiger partial charge in [0.25, 0.3) is 5.91 Å². The molecule has 4 rings (SSSR count). The van der Waals surface area contributed by atoms with Crippen molar-refractivity contribution in [2.24, 2.45) is 0 Å². The molecule has 1 atom stereocenters. The number of pyridine rings is 1. The lowest BCUT2D eigenvalue weighted by Crippen LogP contribution is -2.59. The summed E-state index contributed by atoms with van der Waals surface area (Å²) in [6.07, 6.45) is 4.08. The second kappa shape index (κ2) is 9.86. The molecule has 2 amide bonds. The van der Waals surface area contributed by atoms with Crippen molar-refractivity contribution in [3.05, 3.63) is 84.2 Å². The van der Waals surface area contributed by atoms with Gasteiger partial charge >= 0.3 is 0 Å². The molecular weight excluding hydrogens is 412 g/mol. The first kappa shape index (κ1) is 22.5. The molecule has 0 radical (unpaired) electrons. The number of carbonyl (C=O) groups excluding carboxylic acids is 2. The van der Waals surface area contributed by atoms with E-state index < -0.39 is 6.04 Å². The average molecular weight is 443 g/mol. The van der Waals surface area contributed by atoms with E-state index in [1.165, 1.54) is 0 Å². The Kier molecular flexibility index (Phi) is 6.73. The zero-order valence-corrected chi connectivity index (χ0v) is 19.4. The zero-order chi connectivity index (χ0) is 23.4. The predicted molar refractivity (Wildman–Crippen MR) is 131 cm³/mol. The number of aromatic nitrogens is 1. The maximum Gasteiger partial charge on any atom is 0.254 e. The first-order valence-electron chi connectivity index (χ1n) is 11.3. The number of piperazine rings is 1. The summed E-state index contributed by atoms with van der Waals surface area (Å²) < 4.78 is 0. The van der Waals surface area contributed by atoms with Crippen LogP contribution in [-0.4, -0.2) is 66.4 Å². The summed E-state index contributed by atoms with van der Waals surface area (Å²) in [5.74, 6) is -0.0861. The van der Waals surface area contributed by atoms with Crippen LogP contribution in [0.4, 0.5) is 5.69 Å². The van der Waals surface area contributed by atoms with E-state index in [-0.39, 0.29) is 11.8 Å². The fraction of sp³-hybridized carbons (Fsp3) is 0.296. The highest BCUT2D eigenvalue weighted by Gasteiger charge is 2.37. The van der Waals surface area contributed by atoms with Gasteiger partial charge in [-0.2, -0.15) is 0 Å². The number of amides is 2. The number of hydrogen-bond donors (Lipinski definition) is 0. The van der Waals surface area contributed by atoms with Gasteiger partial charge in [-0.25, -0.2) is 0 Å². The molecule has 0 spiro atoms. The molecule has 2 aromatic carbocycles. The van der Waals surface area contributed by atoms with Gasteiger partial charge in [0.1, 0.15) is 6.04 Å². The fourth-order valence-electron chi connectivity index (χ4n) is 4.27. The summed E-state index contributed by atoms with van der Waals surface area (Å²) in [6, 6.07) is 19.2. The summed E-state index contributed by atoms with van der Waals surface area (Å²) in [4.78, 5) is 36.5. The Hall–Kier alpha value is -3.67. The van der Waals surface area contributed by atoms with Crippen molar-refractivity contribution in [1.82, 2.24) is 14.8 Å². The molecule has 1 aliphatic heterocycles. The minimum atomic E-state index is -0.515. The van der Waals surface area contributed by atoms with E-state index in [1.54, 1.807) is 11.1 Å². The number of hydrogen-bond acceptors (Lipinski definition) is 4. The summed E-state index contributed by atoms with van der Waals surface area (Å²) in [6.45, 7) is 3.72. The lowest BCUT2D eigenvalue weighted by Gasteiger charge is -2.40. The summed E-state index contributed by atoms with van der Waals surface area (Å²) in [5, 5.41) is 0. The number of carbonyl (C=O) groups is 2. The van der Waals surface area contributed by atoms with E-state index in [1.807, 2.05) is 97.7 Å². The molecule has 1 aromatic heterocycles. The van der Waals surface area contributed by atoms with Crippen LogP contribution >= 0.6 is 0 Å². The fourth-order valence-corrected chi connectivity index (χ4v) is 4.27. The molecule has 6 nitrogen and oxygen atoms in total. The monoisotopic (exact) mass is 442 g/mol. The third kappa shape index (κ3) is 4.90. The van der Waals surface area contributed by atoms with Crippen LogP contribution < -0.4 is 4.90 Å². The first-order chi connectivity index (χ1) is 16.0. The van der Waals surface area contributed by atoms with E-state index in [2.05, 4.69) is 4.98 Å². The van der Waals surface area contributed by atoms with Crippen LogP contribution in [0.2, 0.25) is 0 Å². The van der Waals surface area contributed by atoms with Gasteiger partial charge in [0.15, 0.2) is 0 Å². The van der Waals surface area contributed by atoms with Gasteiger partial charge < -0.3 is 14.7 Å². The number of likely N-dealkylation sites (N-methyl/N-ethyl adjacent to an activating group) is 1. The molecule has 0 aliphatic carbocycles. The largest absolute Gasteiger partial charge is 0.378 e. The Bertz CT molecular complexity index is 1110. The van der Waals surface area contributed by atoms with Crippen LogP contribution in [0.5, 0.6) is 0 Å². The maximum atomic E-state index is 13.5. The van der Waals surface area contributed by atoms with E-state index in [9.17, 15) is 9.59 Å². The van der Waals surface area contributed by atoms with E-state index in [0.717, 1.165) is 22.4 Å². The lowest BCUT2D eigenvalue weighted by molar-refractivity contribution is -0.139. The van der Waals surface area contributed by atoms with Gasteiger partial charge in [-0.3, -0.25) is 14.6 Å². The summed E-state index contributed by atoms with van der Waals surface area (Å²) in [7, 11) is 3.90. The van der Waals surface area contributed by atoms with Crippen LogP contribution in [-0.2, 0) is 11.2 Å². The summed E-state index contributed by atoms with van der Waals surface area (Å²) >= 11 is 0. The molecule has 1 saturated heterocycles. The van der Waals surface area contributed by atoms with Gasteiger partial charge in [0.05, 0.1) is 0 Å². The molecule has 0 bridgehead atoms. The third-order valence-corrected chi connectivity index (χ3v) is 6.21. The molecule has 0 saturated carbocycles. The van der Waals surface area contributed by atoms with Crippen molar-refractivity contribution in [2.75, 3.05) is 38.6 Å². The van der Waals surface area contributed by atoms with Crippen LogP contribution in [0.1, 0.15) is 22.8 Å². The van der Waals surface area contributed by atoms with Crippen LogP contribution in [0.25, 0.3) is 11.1 Å². The van der Waals surface area contributed by atoms with E-state index in [0.29, 0.717) is 31.6 Å². The van der Waals surface area contributed by atoms with Gasteiger partial charge in [-0.1, -0.05) is 36.4 Å². The van der Waals surface area contributed by atoms with Gasteiger partial charge in [0.2, 0.25) is 5.91 Å². The molecule has 170 valence electrons. The van der Waals surface area contributed by atoms with Crippen LogP contribution in [0.15, 0.2) is 73.1 Å². The second-order valence-corrected chi connectivity index (χ2v) is 8.52. The van der Waals surface area contributed by atoms with Gasteiger partial charge in [-0.15, -0.1) is 0 Å². The number of anilines is 1. The van der Waals surface area contributed by atoms with E-state index in [4.69, 9.17) is 0 Å². The van der Waals surface area contributed by atoms with Crippen LogP contribution in [0.3, 0.4) is 0 Å². The lowest BCUT2D eigenvalue weighted by atomic mass is 9.98. The molecular formula is C27H30N4O2. The first-order valence-corrected chi connectivity index (χ1v) is 11.3. The summed E-state index contributed by atoms with van der Waals surface area (Å²) in [5.41, 5.74) is 4.72. The van der Waals surface area contributed by atoms with Crippen molar-refractivity contribution in [2.45, 2.75) is 19.4 Å². The molecule has 6 heteroatoms. The molecule has 1 unspecified atom stereocenters. The van der Waals surface area contributed by atoms with Crippen molar-refractivity contribution in [1.29, 1.82) is 0 Å². The number of nitrogens with zero attached hydrogens (tertiary/aromatic N) is 4. The highest BCUT2D eigenvalue weighted by atomic mass is 16.2. The SMILES string of the molecule is CCN1CCN(C(=O)c2cccc(N(C)C)c2)C(Cc2ccc(-c3cccnc3)cc2)C1=O. The molecule has 1 fully saturated rings. The minimum absolute atomic E-state index is 0.0113. The van der Waals surface area contributed by atoms with Crippen molar-refractivity contribution >= 4 is 17.5 Å². The molecule has 0 N–H and O–H groups in total. The topological polar surface area (TPSA) is 56.8 Å². The normalized spacial score (nSPS) is 16.1. The minimum Gasteiger partial charge on any atom is -0.378 e. The van der Waals surface area contributed by atoms with Gasteiger partial charge in [0, 0.05) is 63.8 Å². The van der Waals surface area contributed by atoms with Crippen LogP contribution in [0, 0.1) is 0 Å². The van der Waals surface area contributed by atoms with Crippen molar-refractivity contribution in [3.63, 3.8) is 0 Å². The molecule has 1 aliphatic rings. The smallest absolute Gasteiger partial charge is 0.254 e. The predicted octanol–water partition coefficient (Wildman–Crippen LogP) is 3.73. The maximum absolute atomic E-state index is 13.5. The Morgan fingerprint density at radius 2 is 1.82 bits per heavy atom. The highest BCUT2D eigenvalue weighted by Crippen LogP contribution is 2.23. The highest BCUT2D eigenvalue weighted by molar-refractivity contribution is 5.99. The number of rotatable bonds is 6. The Balaban J connectivity index is 1.59. The average Bonchev–Trinajstić information content (AvgIpc) is 2.86. The molecule has 33 heavy (non-hydrogen) atoms.